The molecule has 0 aromatic heterocycles. The fraction of sp³-hybridized carbons (Fsp3) is 0.190. The number of anilines is 2. The molecule has 3 N–H and O–H groups in total. The van der Waals surface area contributed by atoms with E-state index >= 15 is 0 Å². The maximum Gasteiger partial charge on any atom is 0.277 e. The Morgan fingerprint density at radius 3 is 2.61 bits per heavy atom. The van der Waals surface area contributed by atoms with Crippen LogP contribution in [0.15, 0.2) is 54.2 Å². The van der Waals surface area contributed by atoms with Gasteiger partial charge in [-0.3, -0.25) is 19.3 Å². The summed E-state index contributed by atoms with van der Waals surface area (Å²) in [7, 11) is 0. The molecule has 1 aliphatic heterocycles. The number of imide groups is 1. The Morgan fingerprint density at radius 2 is 1.86 bits per heavy atom. The minimum Gasteiger partial charge on any atom is -0.395 e. The fourth-order valence-corrected chi connectivity index (χ4v) is 2.88. The Kier molecular flexibility index (Phi) is 5.56. The van der Waals surface area contributed by atoms with Crippen molar-refractivity contribution in [3.63, 3.8) is 0 Å². The molecule has 0 spiro atoms. The van der Waals surface area contributed by atoms with Gasteiger partial charge < -0.3 is 15.7 Å². The molecule has 0 fully saturated rings. The van der Waals surface area contributed by atoms with Gasteiger partial charge in [0.05, 0.1) is 13.2 Å². The molecule has 0 radical (unpaired) electrons. The second-order valence-electron chi connectivity index (χ2n) is 6.48. The number of nitrogens with zero attached hydrogens (tertiary/aromatic N) is 1. The van der Waals surface area contributed by atoms with Gasteiger partial charge in [0.2, 0.25) is 0 Å². The largest absolute Gasteiger partial charge is 0.395 e. The van der Waals surface area contributed by atoms with E-state index in [1.807, 2.05) is 32.0 Å². The van der Waals surface area contributed by atoms with Crippen LogP contribution < -0.4 is 10.6 Å². The molecule has 7 nitrogen and oxygen atoms in total. The van der Waals surface area contributed by atoms with Crippen molar-refractivity contribution in [2.24, 2.45) is 0 Å². The van der Waals surface area contributed by atoms with Crippen LogP contribution in [-0.4, -0.2) is 40.9 Å². The highest BCUT2D eigenvalue weighted by Crippen LogP contribution is 2.21. The van der Waals surface area contributed by atoms with E-state index in [1.54, 1.807) is 24.3 Å². The number of aliphatic hydroxyl groups is 1. The molecule has 1 heterocycles. The summed E-state index contributed by atoms with van der Waals surface area (Å²) in [5, 5.41) is 14.7. The van der Waals surface area contributed by atoms with Crippen molar-refractivity contribution >= 4 is 29.1 Å². The van der Waals surface area contributed by atoms with E-state index < -0.39 is 11.8 Å². The predicted molar refractivity (Wildman–Crippen MR) is 106 cm³/mol. The third-order valence-electron chi connectivity index (χ3n) is 4.59. The smallest absolute Gasteiger partial charge is 0.277 e. The van der Waals surface area contributed by atoms with Gasteiger partial charge in [-0.25, -0.2) is 0 Å². The van der Waals surface area contributed by atoms with Crippen LogP contribution in [0.5, 0.6) is 0 Å². The molecular weight excluding hydrogens is 358 g/mol. The van der Waals surface area contributed by atoms with Gasteiger partial charge >= 0.3 is 0 Å². The molecule has 0 unspecified atom stereocenters. The Balaban J connectivity index is 1.75. The molecule has 28 heavy (non-hydrogen) atoms. The quantitative estimate of drug-likeness (QED) is 0.669. The second-order valence-corrected chi connectivity index (χ2v) is 6.48. The number of nitrogens with one attached hydrogen (secondary N) is 2. The van der Waals surface area contributed by atoms with Gasteiger partial charge in [-0.05, 0) is 49.2 Å². The fourth-order valence-electron chi connectivity index (χ4n) is 2.88. The predicted octanol–water partition coefficient (Wildman–Crippen LogP) is 2.21. The molecule has 2 aromatic carbocycles. The van der Waals surface area contributed by atoms with Crippen molar-refractivity contribution in [2.75, 3.05) is 23.8 Å². The number of carbonyl (C=O) groups is 3. The summed E-state index contributed by atoms with van der Waals surface area (Å²) in [4.78, 5) is 37.6. The van der Waals surface area contributed by atoms with Crippen LogP contribution in [0.3, 0.4) is 0 Å². The van der Waals surface area contributed by atoms with Crippen LogP contribution in [0.2, 0.25) is 0 Å². The number of amides is 3. The zero-order chi connectivity index (χ0) is 20.3. The average Bonchev–Trinajstić information content (AvgIpc) is 2.93. The third-order valence-corrected chi connectivity index (χ3v) is 4.59. The first-order chi connectivity index (χ1) is 13.4. The molecule has 0 aliphatic carbocycles. The summed E-state index contributed by atoms with van der Waals surface area (Å²) in [6.45, 7) is 3.56. The summed E-state index contributed by atoms with van der Waals surface area (Å²) < 4.78 is 0. The van der Waals surface area contributed by atoms with Crippen molar-refractivity contribution in [1.29, 1.82) is 0 Å². The van der Waals surface area contributed by atoms with E-state index in [-0.39, 0.29) is 24.8 Å². The monoisotopic (exact) mass is 379 g/mol. The number of aliphatic hydroxyl groups excluding tert-OH is 1. The standard InChI is InChI=1S/C21H21N3O4/c1-13-5-3-8-17(14(13)2)23-20(27)15-6-4-7-16(11-15)22-18-12-19(26)24(9-10-25)21(18)28/h3-8,11-12,22,25H,9-10H2,1-2H3,(H,23,27). The van der Waals surface area contributed by atoms with Gasteiger partial charge in [0.1, 0.15) is 5.70 Å². The van der Waals surface area contributed by atoms with Gasteiger partial charge in [0.15, 0.2) is 0 Å². The molecule has 0 saturated heterocycles. The molecular formula is C21H21N3O4. The highest BCUT2D eigenvalue weighted by Gasteiger charge is 2.30. The number of carbonyl (C=O) groups excluding carboxylic acids is 3. The van der Waals surface area contributed by atoms with Crippen LogP contribution in [0.4, 0.5) is 11.4 Å². The maximum atomic E-state index is 12.6. The van der Waals surface area contributed by atoms with Crippen molar-refractivity contribution in [2.45, 2.75) is 13.8 Å². The lowest BCUT2D eigenvalue weighted by molar-refractivity contribution is -0.137. The van der Waals surface area contributed by atoms with E-state index in [0.29, 0.717) is 11.3 Å². The third kappa shape index (κ3) is 3.94. The van der Waals surface area contributed by atoms with E-state index in [1.165, 1.54) is 6.08 Å². The highest BCUT2D eigenvalue weighted by atomic mass is 16.3. The summed E-state index contributed by atoms with van der Waals surface area (Å²) in [6.07, 6.45) is 1.18. The maximum absolute atomic E-state index is 12.6. The van der Waals surface area contributed by atoms with Gasteiger partial charge in [-0.1, -0.05) is 18.2 Å². The highest BCUT2D eigenvalue weighted by molar-refractivity contribution is 6.17. The number of hydrogen-bond donors (Lipinski definition) is 3. The Hall–Kier alpha value is -3.45. The van der Waals surface area contributed by atoms with E-state index in [9.17, 15) is 14.4 Å². The lowest BCUT2D eigenvalue weighted by atomic mass is 10.1. The molecule has 0 saturated carbocycles. The molecule has 0 bridgehead atoms. The summed E-state index contributed by atoms with van der Waals surface area (Å²) in [5.74, 6) is -1.27. The topological polar surface area (TPSA) is 98.7 Å². The summed E-state index contributed by atoms with van der Waals surface area (Å²) in [5.41, 5.74) is 3.83. The van der Waals surface area contributed by atoms with Crippen LogP contribution in [0, 0.1) is 13.8 Å². The van der Waals surface area contributed by atoms with Crippen molar-refractivity contribution in [1.82, 2.24) is 4.90 Å². The van der Waals surface area contributed by atoms with Crippen LogP contribution in [-0.2, 0) is 9.59 Å². The SMILES string of the molecule is Cc1cccc(NC(=O)c2cccc(NC3=CC(=O)N(CCO)C3=O)c2)c1C. The molecule has 7 heteroatoms. The zero-order valence-electron chi connectivity index (χ0n) is 15.7. The number of rotatable bonds is 6. The first kappa shape index (κ1) is 19.3. The number of aryl methyl sites for hydroxylation is 1. The van der Waals surface area contributed by atoms with Gasteiger partial charge in [0.25, 0.3) is 17.7 Å². The average molecular weight is 379 g/mol. The Bertz CT molecular complexity index is 981. The normalized spacial score (nSPS) is 13.5. The minimum absolute atomic E-state index is 0.0579. The Labute approximate surface area is 162 Å². The van der Waals surface area contributed by atoms with Crippen molar-refractivity contribution < 1.29 is 19.5 Å². The van der Waals surface area contributed by atoms with E-state index in [4.69, 9.17) is 5.11 Å². The van der Waals surface area contributed by atoms with Crippen molar-refractivity contribution in [3.8, 4) is 0 Å². The molecule has 3 rings (SSSR count). The summed E-state index contributed by atoms with van der Waals surface area (Å²) in [6, 6.07) is 12.3. The molecule has 144 valence electrons. The number of β-amino-alcohol motifs (C(OH)–C–C–N with tert-alkyl or cyclic N) is 1. The zero-order valence-corrected chi connectivity index (χ0v) is 15.7. The molecule has 3 amide bonds. The van der Waals surface area contributed by atoms with Crippen LogP contribution in [0.1, 0.15) is 21.5 Å². The van der Waals surface area contributed by atoms with E-state index in [2.05, 4.69) is 10.6 Å². The van der Waals surface area contributed by atoms with Crippen molar-refractivity contribution in [3.05, 3.63) is 70.9 Å². The first-order valence-electron chi connectivity index (χ1n) is 8.83. The van der Waals surface area contributed by atoms with Gasteiger partial charge in [0, 0.05) is 23.0 Å². The molecule has 1 aliphatic rings. The van der Waals surface area contributed by atoms with E-state index in [0.717, 1.165) is 21.7 Å². The summed E-state index contributed by atoms with van der Waals surface area (Å²) >= 11 is 0. The van der Waals surface area contributed by atoms with Crippen LogP contribution in [0.25, 0.3) is 0 Å². The van der Waals surface area contributed by atoms with Gasteiger partial charge in [-0.2, -0.15) is 0 Å². The number of hydrogen-bond acceptors (Lipinski definition) is 5. The first-order valence-corrected chi connectivity index (χ1v) is 8.83. The molecule has 2 aromatic rings. The lowest BCUT2D eigenvalue weighted by Gasteiger charge is -2.14. The van der Waals surface area contributed by atoms with Gasteiger partial charge in [-0.15, -0.1) is 0 Å². The Morgan fingerprint density at radius 1 is 1.11 bits per heavy atom. The number of benzene rings is 2. The minimum atomic E-state index is -0.510. The lowest BCUT2D eigenvalue weighted by Crippen LogP contribution is -2.34. The molecule has 0 atom stereocenters. The second kappa shape index (κ2) is 8.06. The van der Waals surface area contributed by atoms with Crippen LogP contribution >= 0.6 is 0 Å².